The molecule has 1 unspecified atom stereocenters. The van der Waals surface area contributed by atoms with Crippen LogP contribution >= 0.6 is 0 Å². The van der Waals surface area contributed by atoms with Crippen molar-refractivity contribution in [1.29, 1.82) is 0 Å². The number of hydrogen-bond donors (Lipinski definition) is 2. The standard InChI is InChI=1S/C19H31N3O3/c1-13(2)7-6-8-14(3)22-19(20)21-12-15-9-10-16(18(23)25-5)17(11-15)24-4/h9-11,13-14H,6-8,12H2,1-5H3,(H3,20,21,22). The summed E-state index contributed by atoms with van der Waals surface area (Å²) in [5.41, 5.74) is 7.25. The molecule has 0 aliphatic heterocycles. The van der Waals surface area contributed by atoms with Crippen molar-refractivity contribution in [2.24, 2.45) is 16.6 Å². The summed E-state index contributed by atoms with van der Waals surface area (Å²) in [6, 6.07) is 5.55. The number of aliphatic imine (C=N–C) groups is 1. The lowest BCUT2D eigenvalue weighted by Gasteiger charge is -2.15. The van der Waals surface area contributed by atoms with Gasteiger partial charge >= 0.3 is 5.97 Å². The van der Waals surface area contributed by atoms with Crippen LogP contribution in [0.25, 0.3) is 0 Å². The van der Waals surface area contributed by atoms with E-state index in [1.165, 1.54) is 27.1 Å². The average Bonchev–Trinajstić information content (AvgIpc) is 2.58. The first-order valence-electron chi connectivity index (χ1n) is 8.69. The van der Waals surface area contributed by atoms with E-state index in [-0.39, 0.29) is 0 Å². The molecule has 6 nitrogen and oxygen atoms in total. The zero-order valence-corrected chi connectivity index (χ0v) is 16.0. The van der Waals surface area contributed by atoms with E-state index in [1.54, 1.807) is 12.1 Å². The molecule has 0 bridgehead atoms. The smallest absolute Gasteiger partial charge is 0.341 e. The maximum absolute atomic E-state index is 11.7. The van der Waals surface area contributed by atoms with Crippen LogP contribution in [0.3, 0.4) is 0 Å². The van der Waals surface area contributed by atoms with Crippen LogP contribution < -0.4 is 15.8 Å². The minimum Gasteiger partial charge on any atom is -0.496 e. The van der Waals surface area contributed by atoms with E-state index in [1.807, 2.05) is 6.07 Å². The second-order valence-electron chi connectivity index (χ2n) is 6.60. The molecular weight excluding hydrogens is 318 g/mol. The Kier molecular flexibility index (Phi) is 8.81. The fourth-order valence-corrected chi connectivity index (χ4v) is 2.49. The minimum atomic E-state index is -0.427. The molecule has 0 saturated heterocycles. The zero-order valence-electron chi connectivity index (χ0n) is 16.0. The lowest BCUT2D eigenvalue weighted by Crippen LogP contribution is -2.38. The van der Waals surface area contributed by atoms with Crippen LogP contribution in [0, 0.1) is 5.92 Å². The van der Waals surface area contributed by atoms with Crippen LogP contribution in [0.2, 0.25) is 0 Å². The Morgan fingerprint density at radius 3 is 2.56 bits per heavy atom. The van der Waals surface area contributed by atoms with E-state index in [4.69, 9.17) is 15.2 Å². The molecule has 0 aliphatic rings. The summed E-state index contributed by atoms with van der Waals surface area (Å²) < 4.78 is 9.98. The van der Waals surface area contributed by atoms with Crippen molar-refractivity contribution in [3.05, 3.63) is 29.3 Å². The monoisotopic (exact) mass is 349 g/mol. The number of ether oxygens (including phenoxy) is 2. The summed E-state index contributed by atoms with van der Waals surface area (Å²) in [4.78, 5) is 16.0. The maximum atomic E-state index is 11.7. The van der Waals surface area contributed by atoms with Gasteiger partial charge in [0.2, 0.25) is 0 Å². The maximum Gasteiger partial charge on any atom is 0.341 e. The van der Waals surface area contributed by atoms with Crippen molar-refractivity contribution in [3.63, 3.8) is 0 Å². The fraction of sp³-hybridized carbons (Fsp3) is 0.579. The molecule has 1 aromatic rings. The number of guanidine groups is 1. The van der Waals surface area contributed by atoms with Gasteiger partial charge < -0.3 is 20.5 Å². The molecule has 0 aliphatic carbocycles. The predicted molar refractivity (Wildman–Crippen MR) is 101 cm³/mol. The summed E-state index contributed by atoms with van der Waals surface area (Å²) in [7, 11) is 2.86. The van der Waals surface area contributed by atoms with Gasteiger partial charge in [0.25, 0.3) is 0 Å². The van der Waals surface area contributed by atoms with Crippen molar-refractivity contribution in [1.82, 2.24) is 5.32 Å². The van der Waals surface area contributed by atoms with Crippen molar-refractivity contribution >= 4 is 11.9 Å². The number of nitrogens with zero attached hydrogens (tertiary/aromatic N) is 1. The van der Waals surface area contributed by atoms with Crippen molar-refractivity contribution in [2.45, 2.75) is 52.6 Å². The van der Waals surface area contributed by atoms with E-state index in [2.05, 4.69) is 31.1 Å². The third kappa shape index (κ3) is 7.45. The Balaban J connectivity index is 2.60. The molecule has 1 rings (SSSR count). The topological polar surface area (TPSA) is 85.9 Å². The van der Waals surface area contributed by atoms with E-state index in [9.17, 15) is 4.79 Å². The second-order valence-corrected chi connectivity index (χ2v) is 6.60. The molecule has 25 heavy (non-hydrogen) atoms. The zero-order chi connectivity index (χ0) is 18.8. The molecule has 0 saturated carbocycles. The molecule has 0 aromatic heterocycles. The number of nitrogens with one attached hydrogen (secondary N) is 1. The van der Waals surface area contributed by atoms with Gasteiger partial charge in [-0.2, -0.15) is 0 Å². The molecule has 0 radical (unpaired) electrons. The molecule has 0 spiro atoms. The normalized spacial score (nSPS) is 12.8. The van der Waals surface area contributed by atoms with Gasteiger partial charge in [0.15, 0.2) is 5.96 Å². The van der Waals surface area contributed by atoms with Gasteiger partial charge in [-0.15, -0.1) is 0 Å². The SMILES string of the molecule is COC(=O)c1ccc(CN=C(N)NC(C)CCCC(C)C)cc1OC. The molecule has 0 heterocycles. The highest BCUT2D eigenvalue weighted by Gasteiger charge is 2.13. The van der Waals surface area contributed by atoms with Gasteiger partial charge in [-0.05, 0) is 37.0 Å². The number of esters is 1. The lowest BCUT2D eigenvalue weighted by molar-refractivity contribution is 0.0597. The number of carbonyl (C=O) groups excluding carboxylic acids is 1. The molecule has 3 N–H and O–H groups in total. The molecule has 0 amide bonds. The molecule has 0 fully saturated rings. The van der Waals surface area contributed by atoms with Gasteiger partial charge in [-0.1, -0.05) is 32.8 Å². The van der Waals surface area contributed by atoms with E-state index < -0.39 is 5.97 Å². The van der Waals surface area contributed by atoms with Gasteiger partial charge in [-0.3, -0.25) is 0 Å². The quantitative estimate of drug-likeness (QED) is 0.406. The lowest BCUT2D eigenvalue weighted by atomic mass is 10.0. The third-order valence-electron chi connectivity index (χ3n) is 3.92. The van der Waals surface area contributed by atoms with Crippen LogP contribution in [0.1, 0.15) is 56.0 Å². The molecular formula is C19H31N3O3. The first-order valence-corrected chi connectivity index (χ1v) is 8.69. The Bertz CT molecular complexity index is 585. The van der Waals surface area contributed by atoms with Crippen LogP contribution in [0.15, 0.2) is 23.2 Å². The fourth-order valence-electron chi connectivity index (χ4n) is 2.49. The largest absolute Gasteiger partial charge is 0.496 e. The van der Waals surface area contributed by atoms with Gasteiger partial charge in [-0.25, -0.2) is 9.79 Å². The third-order valence-corrected chi connectivity index (χ3v) is 3.92. The second kappa shape index (κ2) is 10.6. The predicted octanol–water partition coefficient (Wildman–Crippen LogP) is 3.10. The molecule has 1 atom stereocenters. The Morgan fingerprint density at radius 1 is 1.24 bits per heavy atom. The Labute approximate surface area is 150 Å². The van der Waals surface area contributed by atoms with Gasteiger partial charge in [0, 0.05) is 6.04 Å². The highest BCUT2D eigenvalue weighted by Crippen LogP contribution is 2.21. The summed E-state index contributed by atoms with van der Waals surface area (Å²) in [6.45, 7) is 6.98. The van der Waals surface area contributed by atoms with Crippen molar-refractivity contribution < 1.29 is 14.3 Å². The van der Waals surface area contributed by atoms with E-state index in [0.717, 1.165) is 17.9 Å². The van der Waals surface area contributed by atoms with Gasteiger partial charge in [0.1, 0.15) is 11.3 Å². The number of hydrogen-bond acceptors (Lipinski definition) is 4. The van der Waals surface area contributed by atoms with Crippen LogP contribution in [-0.4, -0.2) is 32.2 Å². The summed E-state index contributed by atoms with van der Waals surface area (Å²) in [5.74, 6) is 1.19. The summed E-state index contributed by atoms with van der Waals surface area (Å²) in [6.07, 6.45) is 3.46. The molecule has 1 aromatic carbocycles. The first kappa shape index (κ1) is 20.8. The van der Waals surface area contributed by atoms with Crippen LogP contribution in [0.4, 0.5) is 0 Å². The number of nitrogens with two attached hydrogens (primary N) is 1. The highest BCUT2D eigenvalue weighted by atomic mass is 16.5. The van der Waals surface area contributed by atoms with E-state index in [0.29, 0.717) is 29.9 Å². The average molecular weight is 349 g/mol. The Hall–Kier alpha value is -2.24. The Morgan fingerprint density at radius 2 is 1.96 bits per heavy atom. The van der Waals surface area contributed by atoms with Crippen molar-refractivity contribution in [2.75, 3.05) is 14.2 Å². The number of methoxy groups -OCH3 is 2. The number of rotatable bonds is 9. The highest BCUT2D eigenvalue weighted by molar-refractivity contribution is 5.92. The number of carbonyl (C=O) groups is 1. The summed E-state index contributed by atoms with van der Waals surface area (Å²) >= 11 is 0. The van der Waals surface area contributed by atoms with Crippen LogP contribution in [0.5, 0.6) is 5.75 Å². The van der Waals surface area contributed by atoms with Crippen molar-refractivity contribution in [3.8, 4) is 5.75 Å². The van der Waals surface area contributed by atoms with Crippen LogP contribution in [-0.2, 0) is 11.3 Å². The number of benzene rings is 1. The molecule has 140 valence electrons. The van der Waals surface area contributed by atoms with E-state index >= 15 is 0 Å². The minimum absolute atomic E-state index is 0.290. The molecule has 6 heteroatoms. The first-order chi connectivity index (χ1) is 11.9. The van der Waals surface area contributed by atoms with Gasteiger partial charge in [0.05, 0.1) is 20.8 Å². The summed E-state index contributed by atoms with van der Waals surface area (Å²) in [5, 5.41) is 3.21.